The molecule has 0 radical (unpaired) electrons. The van der Waals surface area contributed by atoms with E-state index in [1.807, 2.05) is 31.2 Å². The van der Waals surface area contributed by atoms with Gasteiger partial charge in [0.05, 0.1) is 19.3 Å². The third-order valence-electron chi connectivity index (χ3n) is 3.68. The van der Waals surface area contributed by atoms with Crippen LogP contribution < -0.4 is 15.4 Å². The molecule has 1 heterocycles. The minimum absolute atomic E-state index is 0.0239. The largest absolute Gasteiger partial charge is 0.497 e. The Kier molecular flexibility index (Phi) is 5.77. The summed E-state index contributed by atoms with van der Waals surface area (Å²) >= 11 is 0. The first kappa shape index (κ1) is 16.3. The predicted molar refractivity (Wildman–Crippen MR) is 81.5 cm³/mol. The van der Waals surface area contributed by atoms with Gasteiger partial charge in [-0.1, -0.05) is 12.1 Å². The highest BCUT2D eigenvalue weighted by molar-refractivity contribution is 6.35. The summed E-state index contributed by atoms with van der Waals surface area (Å²) in [5.74, 6) is -0.520. The van der Waals surface area contributed by atoms with E-state index < -0.39 is 11.8 Å². The minimum Gasteiger partial charge on any atom is -0.497 e. The lowest BCUT2D eigenvalue weighted by molar-refractivity contribution is -0.139. The maximum Gasteiger partial charge on any atom is 0.309 e. The van der Waals surface area contributed by atoms with Crippen molar-refractivity contribution in [2.24, 2.45) is 0 Å². The van der Waals surface area contributed by atoms with Crippen LogP contribution in [0, 0.1) is 0 Å². The number of ether oxygens (including phenoxy) is 2. The Balaban J connectivity index is 1.80. The highest BCUT2D eigenvalue weighted by atomic mass is 16.5. The van der Waals surface area contributed by atoms with Crippen LogP contribution in [0.5, 0.6) is 5.75 Å². The van der Waals surface area contributed by atoms with Crippen LogP contribution in [0.15, 0.2) is 24.3 Å². The Morgan fingerprint density at radius 1 is 1.32 bits per heavy atom. The molecule has 1 aromatic rings. The number of carbonyl (C=O) groups excluding carboxylic acids is 2. The van der Waals surface area contributed by atoms with Gasteiger partial charge in [0.2, 0.25) is 0 Å². The van der Waals surface area contributed by atoms with E-state index in [-0.39, 0.29) is 12.1 Å². The molecule has 1 aliphatic rings. The number of hydrogen-bond donors (Lipinski definition) is 2. The van der Waals surface area contributed by atoms with Gasteiger partial charge in [-0.3, -0.25) is 9.59 Å². The molecular weight excluding hydrogens is 284 g/mol. The van der Waals surface area contributed by atoms with Crippen molar-refractivity contribution in [3.05, 3.63) is 29.8 Å². The molecule has 120 valence electrons. The standard InChI is InChI=1S/C16H22N2O4/c1-11(12-5-7-13(21-2)8-6-12)18-16(20)15(19)17-10-14-4-3-9-22-14/h5-8,11,14H,3-4,9-10H2,1-2H3,(H,17,19)(H,18,20). The Morgan fingerprint density at radius 2 is 2.05 bits per heavy atom. The van der Waals surface area contributed by atoms with E-state index in [9.17, 15) is 9.59 Å². The monoisotopic (exact) mass is 306 g/mol. The number of carbonyl (C=O) groups is 2. The van der Waals surface area contributed by atoms with Crippen LogP contribution in [0.2, 0.25) is 0 Å². The molecule has 2 amide bonds. The van der Waals surface area contributed by atoms with Crippen LogP contribution in [0.3, 0.4) is 0 Å². The number of nitrogens with one attached hydrogen (secondary N) is 2. The van der Waals surface area contributed by atoms with E-state index in [0.29, 0.717) is 6.54 Å². The van der Waals surface area contributed by atoms with Gasteiger partial charge < -0.3 is 20.1 Å². The molecule has 1 aliphatic heterocycles. The summed E-state index contributed by atoms with van der Waals surface area (Å²) in [7, 11) is 1.60. The van der Waals surface area contributed by atoms with E-state index >= 15 is 0 Å². The first-order valence-electron chi connectivity index (χ1n) is 7.44. The lowest BCUT2D eigenvalue weighted by atomic mass is 10.1. The van der Waals surface area contributed by atoms with Crippen LogP contribution in [0.1, 0.15) is 31.4 Å². The zero-order valence-electron chi connectivity index (χ0n) is 12.9. The SMILES string of the molecule is COc1ccc(C(C)NC(=O)C(=O)NCC2CCCO2)cc1. The summed E-state index contributed by atoms with van der Waals surface area (Å²) in [6, 6.07) is 7.08. The van der Waals surface area contributed by atoms with Gasteiger partial charge in [-0.2, -0.15) is 0 Å². The topological polar surface area (TPSA) is 76.7 Å². The molecule has 0 spiro atoms. The van der Waals surface area contributed by atoms with Crippen molar-refractivity contribution in [1.29, 1.82) is 0 Å². The van der Waals surface area contributed by atoms with Gasteiger partial charge in [0.25, 0.3) is 0 Å². The van der Waals surface area contributed by atoms with Gasteiger partial charge in [-0.15, -0.1) is 0 Å². The highest BCUT2D eigenvalue weighted by Crippen LogP contribution is 2.17. The van der Waals surface area contributed by atoms with Crippen molar-refractivity contribution in [1.82, 2.24) is 10.6 Å². The lowest BCUT2D eigenvalue weighted by Crippen LogP contribution is -2.43. The molecule has 0 saturated carbocycles. The van der Waals surface area contributed by atoms with E-state index in [0.717, 1.165) is 30.8 Å². The van der Waals surface area contributed by atoms with Gasteiger partial charge in [-0.05, 0) is 37.5 Å². The Labute approximate surface area is 130 Å². The number of rotatable bonds is 5. The fourth-order valence-electron chi connectivity index (χ4n) is 2.33. The maximum absolute atomic E-state index is 11.9. The summed E-state index contributed by atoms with van der Waals surface area (Å²) in [5.41, 5.74) is 0.904. The molecule has 2 N–H and O–H groups in total. The summed E-state index contributed by atoms with van der Waals surface area (Å²) in [6.45, 7) is 2.93. The molecule has 2 rings (SSSR count). The zero-order valence-corrected chi connectivity index (χ0v) is 12.9. The Bertz CT molecular complexity index is 509. The number of amides is 2. The first-order valence-corrected chi connectivity index (χ1v) is 7.44. The normalized spacial score (nSPS) is 18.5. The molecular formula is C16H22N2O4. The predicted octanol–water partition coefficient (Wildman–Crippen LogP) is 1.17. The molecule has 1 aromatic carbocycles. The number of methoxy groups -OCH3 is 1. The van der Waals surface area contributed by atoms with Gasteiger partial charge >= 0.3 is 11.8 Å². The molecule has 1 saturated heterocycles. The van der Waals surface area contributed by atoms with Gasteiger partial charge in [0.15, 0.2) is 0 Å². The first-order chi connectivity index (χ1) is 10.6. The van der Waals surface area contributed by atoms with E-state index in [4.69, 9.17) is 9.47 Å². The van der Waals surface area contributed by atoms with Crippen LogP contribution in [-0.2, 0) is 14.3 Å². The fraction of sp³-hybridized carbons (Fsp3) is 0.500. The molecule has 1 fully saturated rings. The quantitative estimate of drug-likeness (QED) is 0.801. The van der Waals surface area contributed by atoms with Crippen molar-refractivity contribution in [3.8, 4) is 5.75 Å². The third-order valence-corrected chi connectivity index (χ3v) is 3.68. The van der Waals surface area contributed by atoms with E-state index in [1.165, 1.54) is 0 Å². The van der Waals surface area contributed by atoms with Crippen LogP contribution >= 0.6 is 0 Å². The molecule has 6 heteroatoms. The summed E-state index contributed by atoms with van der Waals surface area (Å²) < 4.78 is 10.5. The summed E-state index contributed by atoms with van der Waals surface area (Å²) in [6.07, 6.45) is 1.95. The van der Waals surface area contributed by atoms with Crippen LogP contribution in [0.4, 0.5) is 0 Å². The van der Waals surface area contributed by atoms with Crippen molar-refractivity contribution in [3.63, 3.8) is 0 Å². The zero-order chi connectivity index (χ0) is 15.9. The van der Waals surface area contributed by atoms with Gasteiger partial charge in [-0.25, -0.2) is 0 Å². The Hall–Kier alpha value is -2.08. The fourth-order valence-corrected chi connectivity index (χ4v) is 2.33. The molecule has 2 unspecified atom stereocenters. The average Bonchev–Trinajstić information content (AvgIpc) is 3.06. The molecule has 0 aliphatic carbocycles. The average molecular weight is 306 g/mol. The van der Waals surface area contributed by atoms with Crippen molar-refractivity contribution >= 4 is 11.8 Å². The molecule has 0 bridgehead atoms. The second-order valence-corrected chi connectivity index (χ2v) is 5.31. The van der Waals surface area contributed by atoms with Crippen molar-refractivity contribution < 1.29 is 19.1 Å². The summed E-state index contributed by atoms with van der Waals surface area (Å²) in [4.78, 5) is 23.6. The minimum atomic E-state index is -0.638. The van der Waals surface area contributed by atoms with Crippen LogP contribution in [0.25, 0.3) is 0 Å². The van der Waals surface area contributed by atoms with Gasteiger partial charge in [0, 0.05) is 13.2 Å². The molecule has 0 aromatic heterocycles. The van der Waals surface area contributed by atoms with Crippen molar-refractivity contribution in [2.45, 2.75) is 31.9 Å². The van der Waals surface area contributed by atoms with E-state index in [2.05, 4.69) is 10.6 Å². The highest BCUT2D eigenvalue weighted by Gasteiger charge is 2.20. The molecule has 22 heavy (non-hydrogen) atoms. The van der Waals surface area contributed by atoms with Gasteiger partial charge in [0.1, 0.15) is 5.75 Å². The van der Waals surface area contributed by atoms with Crippen molar-refractivity contribution in [2.75, 3.05) is 20.3 Å². The van der Waals surface area contributed by atoms with E-state index in [1.54, 1.807) is 7.11 Å². The lowest BCUT2D eigenvalue weighted by Gasteiger charge is -2.15. The molecule has 6 nitrogen and oxygen atoms in total. The number of benzene rings is 1. The number of hydrogen-bond acceptors (Lipinski definition) is 4. The second-order valence-electron chi connectivity index (χ2n) is 5.31. The molecule has 2 atom stereocenters. The third kappa shape index (κ3) is 4.46. The maximum atomic E-state index is 11.9. The van der Waals surface area contributed by atoms with Crippen LogP contribution in [-0.4, -0.2) is 38.2 Å². The summed E-state index contributed by atoms with van der Waals surface area (Å²) in [5, 5.41) is 5.28. The second kappa shape index (κ2) is 7.79. The Morgan fingerprint density at radius 3 is 2.64 bits per heavy atom. The smallest absolute Gasteiger partial charge is 0.309 e.